The van der Waals surface area contributed by atoms with Crippen molar-refractivity contribution in [3.05, 3.63) is 47.4 Å². The van der Waals surface area contributed by atoms with Gasteiger partial charge in [-0.15, -0.1) is 0 Å². The molecule has 0 radical (unpaired) electrons. The van der Waals surface area contributed by atoms with Crippen LogP contribution in [0.2, 0.25) is 0 Å². The molecule has 2 aliphatic carbocycles. The van der Waals surface area contributed by atoms with E-state index in [0.717, 1.165) is 54.8 Å². The molecule has 0 saturated carbocycles. The van der Waals surface area contributed by atoms with Crippen LogP contribution in [0.25, 0.3) is 11.3 Å². The Hall–Kier alpha value is -2.24. The van der Waals surface area contributed by atoms with E-state index in [0.29, 0.717) is 18.2 Å². The minimum Gasteiger partial charge on any atom is -0.330 e. The van der Waals surface area contributed by atoms with Crippen LogP contribution in [0.5, 0.6) is 0 Å². The summed E-state index contributed by atoms with van der Waals surface area (Å²) in [6, 6.07) is 2.20. The Morgan fingerprint density at radius 2 is 2.19 bits per heavy atom. The molecule has 0 spiro atoms. The maximum absolute atomic E-state index is 13.3. The lowest BCUT2D eigenvalue weighted by molar-refractivity contribution is -0.787. The van der Waals surface area contributed by atoms with Crippen LogP contribution in [0.15, 0.2) is 41.2 Å². The molecule has 2 heterocycles. The number of carbonyl (C=O) groups is 1. The monoisotopic (exact) mass is 365 g/mol. The molecule has 5 nitrogen and oxygen atoms in total. The molecule has 0 aromatic carbocycles. The van der Waals surface area contributed by atoms with E-state index in [-0.39, 0.29) is 10.4 Å². The van der Waals surface area contributed by atoms with E-state index in [4.69, 9.17) is 10.7 Å². The number of aromatic nitrogens is 1. The van der Waals surface area contributed by atoms with E-state index >= 15 is 0 Å². The highest BCUT2D eigenvalue weighted by Crippen LogP contribution is 2.40. The van der Waals surface area contributed by atoms with E-state index in [1.807, 2.05) is 21.1 Å². The molecule has 5 heteroatoms. The molecule has 0 bridgehead atoms. The number of carbonyl (C=O) groups excluding carboxylic acids is 1. The van der Waals surface area contributed by atoms with E-state index in [1.54, 1.807) is 0 Å². The normalized spacial score (nSPS) is 21.3. The maximum Gasteiger partial charge on any atom is 0.364 e. The summed E-state index contributed by atoms with van der Waals surface area (Å²) in [6.07, 6.45) is 13.6. The van der Waals surface area contributed by atoms with Crippen LogP contribution in [0.4, 0.5) is 0 Å². The number of quaternary nitrogens is 1. The van der Waals surface area contributed by atoms with Crippen molar-refractivity contribution in [3.8, 4) is 0 Å². The molecule has 1 aliphatic heterocycles. The summed E-state index contributed by atoms with van der Waals surface area (Å²) < 4.78 is 2.48. The van der Waals surface area contributed by atoms with Crippen LogP contribution in [-0.2, 0) is 11.2 Å². The first kappa shape index (κ1) is 18.1. The Labute approximate surface area is 161 Å². The van der Waals surface area contributed by atoms with Crippen molar-refractivity contribution in [2.45, 2.75) is 32.1 Å². The first-order valence-corrected chi connectivity index (χ1v) is 9.89. The van der Waals surface area contributed by atoms with Crippen LogP contribution in [0.3, 0.4) is 0 Å². The number of nitrogens with two attached hydrogens (primary N) is 1. The molecule has 1 unspecified atom stereocenters. The quantitative estimate of drug-likeness (QED) is 0.834. The zero-order chi connectivity index (χ0) is 19.2. The lowest BCUT2D eigenvalue weighted by atomic mass is 9.90. The molecule has 1 amide bonds. The van der Waals surface area contributed by atoms with Gasteiger partial charge in [-0.05, 0) is 56.4 Å². The minimum absolute atomic E-state index is 0.0581. The van der Waals surface area contributed by atoms with Gasteiger partial charge in [0.25, 0.3) is 0 Å². The first-order chi connectivity index (χ1) is 12.9. The second-order valence-electron chi connectivity index (χ2n) is 8.53. The van der Waals surface area contributed by atoms with Crippen LogP contribution in [0.1, 0.15) is 36.9 Å². The number of aliphatic imine (C=N–C) groups is 1. The van der Waals surface area contributed by atoms with Gasteiger partial charge < -0.3 is 10.3 Å². The Balaban J connectivity index is 1.94. The lowest BCUT2D eigenvalue weighted by Crippen LogP contribution is -2.46. The average Bonchev–Trinajstić information content (AvgIpc) is 3.01. The highest BCUT2D eigenvalue weighted by Gasteiger charge is 2.37. The molecule has 142 valence electrons. The summed E-state index contributed by atoms with van der Waals surface area (Å²) in [7, 11) is 5.75. The molecule has 1 atom stereocenters. The lowest BCUT2D eigenvalue weighted by Gasteiger charge is -2.24. The van der Waals surface area contributed by atoms with Crippen molar-refractivity contribution in [1.82, 2.24) is 4.57 Å². The van der Waals surface area contributed by atoms with Crippen LogP contribution >= 0.6 is 0 Å². The number of allylic oxidation sites excluding steroid dienone is 5. The first-order valence-electron chi connectivity index (χ1n) is 9.89. The number of fused-ring (bicyclic) bond motifs is 1. The van der Waals surface area contributed by atoms with Crippen molar-refractivity contribution in [2.75, 3.05) is 27.7 Å². The third kappa shape index (κ3) is 3.05. The van der Waals surface area contributed by atoms with Gasteiger partial charge in [0.15, 0.2) is 5.71 Å². The fourth-order valence-corrected chi connectivity index (χ4v) is 4.24. The van der Waals surface area contributed by atoms with Gasteiger partial charge in [-0.25, -0.2) is 9.79 Å². The predicted molar refractivity (Wildman–Crippen MR) is 110 cm³/mol. The van der Waals surface area contributed by atoms with Crippen molar-refractivity contribution in [1.29, 1.82) is 0 Å². The number of hydrogen-bond acceptors (Lipinski definition) is 3. The number of nitrogens with zero attached hydrogens (tertiary/aromatic N) is 3. The summed E-state index contributed by atoms with van der Waals surface area (Å²) in [5.41, 5.74) is 12.0. The Bertz CT molecular complexity index is 905. The molecule has 27 heavy (non-hydrogen) atoms. The van der Waals surface area contributed by atoms with Gasteiger partial charge in [-0.3, -0.25) is 4.48 Å². The van der Waals surface area contributed by atoms with Crippen LogP contribution in [-0.4, -0.2) is 48.4 Å². The molecule has 0 fully saturated rings. The fraction of sp³-hybridized carbons (Fsp3) is 0.455. The largest absolute Gasteiger partial charge is 0.364 e. The molecule has 4 rings (SSSR count). The average molecular weight is 366 g/mol. The zero-order valence-corrected chi connectivity index (χ0v) is 16.5. The maximum atomic E-state index is 13.3. The molecule has 3 aliphatic rings. The van der Waals surface area contributed by atoms with E-state index < -0.39 is 0 Å². The highest BCUT2D eigenvalue weighted by atomic mass is 16.2. The summed E-state index contributed by atoms with van der Waals surface area (Å²) in [5, 5.41) is 0. The number of amides is 1. The molecular formula is C22H29N4O+. The zero-order valence-electron chi connectivity index (χ0n) is 16.5. The van der Waals surface area contributed by atoms with E-state index in [2.05, 4.69) is 35.1 Å². The molecule has 1 aromatic heterocycles. The number of hydrogen-bond donors (Lipinski definition) is 1. The minimum atomic E-state index is 0.0581. The summed E-state index contributed by atoms with van der Waals surface area (Å²) >= 11 is 0. The molecule has 1 aromatic rings. The van der Waals surface area contributed by atoms with Crippen molar-refractivity contribution >= 4 is 22.9 Å². The standard InChI is InChI=1S/C22H29N4O/c1-26(2,3)22(27)20-17-10-4-8-16-12-14-25(21(16)17)18-11-5-7-15(9-6-13-23)19(18)24-20/h5,10-12,14-15H,4,6-9,13,23H2,1-3H3/q+1. The van der Waals surface area contributed by atoms with Gasteiger partial charge in [-0.2, -0.15) is 0 Å². The van der Waals surface area contributed by atoms with Gasteiger partial charge in [-0.1, -0.05) is 12.2 Å². The van der Waals surface area contributed by atoms with Crippen LogP contribution < -0.4 is 5.73 Å². The smallest absolute Gasteiger partial charge is 0.330 e. The molecule has 0 saturated heterocycles. The van der Waals surface area contributed by atoms with E-state index in [9.17, 15) is 4.79 Å². The van der Waals surface area contributed by atoms with Gasteiger partial charge in [0, 0.05) is 17.7 Å². The third-order valence-corrected chi connectivity index (χ3v) is 5.65. The van der Waals surface area contributed by atoms with E-state index in [1.165, 1.54) is 5.56 Å². The van der Waals surface area contributed by atoms with Gasteiger partial charge in [0.2, 0.25) is 0 Å². The Morgan fingerprint density at radius 1 is 1.37 bits per heavy atom. The third-order valence-electron chi connectivity index (χ3n) is 5.65. The van der Waals surface area contributed by atoms with Gasteiger partial charge >= 0.3 is 5.91 Å². The Kier molecular flexibility index (Phi) is 4.52. The second kappa shape index (κ2) is 6.73. The fourth-order valence-electron chi connectivity index (χ4n) is 4.24. The predicted octanol–water partition coefficient (Wildman–Crippen LogP) is 2.99. The molecular weight excluding hydrogens is 336 g/mol. The van der Waals surface area contributed by atoms with Gasteiger partial charge in [0.05, 0.1) is 38.2 Å². The topological polar surface area (TPSA) is 60.4 Å². The Morgan fingerprint density at radius 3 is 2.93 bits per heavy atom. The van der Waals surface area contributed by atoms with Crippen molar-refractivity contribution in [2.24, 2.45) is 16.6 Å². The van der Waals surface area contributed by atoms with Crippen molar-refractivity contribution < 1.29 is 9.28 Å². The summed E-state index contributed by atoms with van der Waals surface area (Å²) in [6.45, 7) is 0.682. The number of aryl methyl sites for hydroxylation is 1. The number of rotatable bonds is 4. The summed E-state index contributed by atoms with van der Waals surface area (Å²) in [5.74, 6) is 0.366. The van der Waals surface area contributed by atoms with Gasteiger partial charge in [0.1, 0.15) is 0 Å². The molecule has 2 N–H and O–H groups in total. The SMILES string of the molecule is C[N+](C)(C)C(=O)C1=NC2=C(C=CCC2CCCN)n2ccc3c2C1=CCC3. The summed E-state index contributed by atoms with van der Waals surface area (Å²) in [4.78, 5) is 18.4. The van der Waals surface area contributed by atoms with Crippen LogP contribution in [0, 0.1) is 5.92 Å². The second-order valence-corrected chi connectivity index (χ2v) is 8.53. The highest BCUT2D eigenvalue weighted by molar-refractivity contribution is 6.54. The van der Waals surface area contributed by atoms with Crippen molar-refractivity contribution in [3.63, 3.8) is 0 Å².